The van der Waals surface area contributed by atoms with Gasteiger partial charge < -0.3 is 59.0 Å². The number of thiol groups is 1. The van der Waals surface area contributed by atoms with Crippen LogP contribution in [0.5, 0.6) is 11.5 Å². The molecular formula is C51H62N10O13S. The van der Waals surface area contributed by atoms with Crippen LogP contribution in [0.2, 0.25) is 0 Å². The number of hydrogen-bond acceptors (Lipinski definition) is 16. The van der Waals surface area contributed by atoms with Crippen LogP contribution in [0, 0.1) is 0 Å². The van der Waals surface area contributed by atoms with E-state index in [1.54, 1.807) is 86.7 Å². The van der Waals surface area contributed by atoms with Gasteiger partial charge >= 0.3 is 5.97 Å². The van der Waals surface area contributed by atoms with Gasteiger partial charge in [0.1, 0.15) is 11.8 Å². The van der Waals surface area contributed by atoms with Crippen molar-refractivity contribution < 1.29 is 62.0 Å². The summed E-state index contributed by atoms with van der Waals surface area (Å²) in [6.07, 6.45) is 6.88. The molecule has 3 atom stereocenters. The number of rotatable bonds is 26. The summed E-state index contributed by atoms with van der Waals surface area (Å²) in [6, 6.07) is 12.0. The molecule has 2 aromatic carbocycles. The number of nitrogens with zero attached hydrogens (tertiary/aromatic N) is 6. The number of benzene rings is 2. The molecule has 0 spiro atoms. The molecule has 400 valence electrons. The van der Waals surface area contributed by atoms with Gasteiger partial charge in [-0.15, -0.1) is 0 Å². The summed E-state index contributed by atoms with van der Waals surface area (Å²) < 4.78 is 31.1. The number of likely N-dealkylation sites (tertiary alicyclic amines) is 1. The van der Waals surface area contributed by atoms with Crippen molar-refractivity contribution in [2.24, 2.45) is 19.1 Å². The van der Waals surface area contributed by atoms with E-state index in [0.717, 1.165) is 28.9 Å². The number of anilines is 2. The molecule has 4 aromatic rings. The number of hydrogen-bond donors (Lipinski definition) is 5. The number of carbonyl (C=O) groups excluding carboxylic acids is 8. The molecule has 3 aliphatic heterocycles. The number of esters is 1. The van der Waals surface area contributed by atoms with Crippen LogP contribution >= 0.6 is 12.6 Å². The topological polar surface area (TPSA) is 272 Å². The van der Waals surface area contributed by atoms with Gasteiger partial charge in [0.25, 0.3) is 11.8 Å². The number of amides is 7. The normalized spacial score (nSPS) is 16.3. The SMILES string of the molecule is COc1cc2c(cc1OCCCC(=O)Nc1cn(C)c(C(=O)Nc3ccc(-c4cc(C(=O)OC(C)CNC(=O)CCOCCOCCNC(=O)CCN5C(=O)CC(S)C5=O)n(C)c4)cc3)n1)N=CC1CCCN1C2=O. The third-order valence-electron chi connectivity index (χ3n) is 12.4. The summed E-state index contributed by atoms with van der Waals surface area (Å²) in [7, 11) is 4.86. The highest BCUT2D eigenvalue weighted by Crippen LogP contribution is 2.38. The zero-order valence-electron chi connectivity index (χ0n) is 42.3. The molecular weight excluding hydrogens is 993 g/mol. The van der Waals surface area contributed by atoms with Gasteiger partial charge in [0.15, 0.2) is 17.3 Å². The number of carbonyl (C=O) groups is 8. The molecule has 2 fully saturated rings. The van der Waals surface area contributed by atoms with Crippen molar-refractivity contribution in [2.45, 2.75) is 69.3 Å². The number of methoxy groups -OCH3 is 1. The summed E-state index contributed by atoms with van der Waals surface area (Å²) in [5, 5.41) is 10.3. The van der Waals surface area contributed by atoms with E-state index in [0.29, 0.717) is 47.1 Å². The van der Waals surface area contributed by atoms with Crippen molar-refractivity contribution in [2.75, 3.05) is 77.0 Å². The number of aryl methyl sites for hydroxylation is 2. The standard InChI is InChI=1S/C51H62N10O13S/c1-31(27-54-44(63)14-19-71-21-22-72-20-15-52-43(62)13-17-61-46(65)26-41(75)50(61)68)74-51(69)38-23-33(29-58(38)2)32-9-11-34(12-10-32)55-48(66)47-57-42(30-59(47)3)56-45(64)8-6-18-73-40-25-37-36(24-39(40)70-4)49(67)60-16-5-7-35(60)28-53-37/h9-12,23-25,28-31,35,41,75H,5-8,13-22,26-27H2,1-4H3,(H,52,62)(H,54,63)(H,55,66)(H,56,64). The molecule has 0 bridgehead atoms. The first kappa shape index (κ1) is 55.2. The average Bonchev–Trinajstić information content (AvgIpc) is 4.16. The summed E-state index contributed by atoms with van der Waals surface area (Å²) in [5.74, 6) is -1.71. The maximum absolute atomic E-state index is 13.3. The van der Waals surface area contributed by atoms with E-state index in [2.05, 4.69) is 43.9 Å². The summed E-state index contributed by atoms with van der Waals surface area (Å²) in [4.78, 5) is 112. The van der Waals surface area contributed by atoms with Gasteiger partial charge in [-0.1, -0.05) is 12.1 Å². The Morgan fingerprint density at radius 2 is 1.59 bits per heavy atom. The molecule has 24 heteroatoms. The van der Waals surface area contributed by atoms with E-state index in [9.17, 15) is 38.4 Å². The number of ether oxygens (including phenoxy) is 5. The minimum absolute atomic E-state index is 0.00834. The molecule has 2 saturated heterocycles. The highest BCUT2D eigenvalue weighted by Gasteiger charge is 2.36. The van der Waals surface area contributed by atoms with Crippen LogP contribution in [0.4, 0.5) is 17.2 Å². The van der Waals surface area contributed by atoms with Crippen molar-refractivity contribution in [3.63, 3.8) is 0 Å². The van der Waals surface area contributed by atoms with Crippen LogP contribution in [-0.4, -0.2) is 161 Å². The van der Waals surface area contributed by atoms with Crippen molar-refractivity contribution in [1.29, 1.82) is 0 Å². The van der Waals surface area contributed by atoms with Gasteiger partial charge in [-0.3, -0.25) is 43.5 Å². The number of imidazole rings is 1. The van der Waals surface area contributed by atoms with Crippen molar-refractivity contribution in [1.82, 2.24) is 34.6 Å². The summed E-state index contributed by atoms with van der Waals surface area (Å²) in [6.45, 7) is 3.73. The predicted octanol–water partition coefficient (Wildman–Crippen LogP) is 3.45. The number of nitrogens with one attached hydrogen (secondary N) is 4. The summed E-state index contributed by atoms with van der Waals surface area (Å²) >= 11 is 4.06. The van der Waals surface area contributed by atoms with E-state index < -0.39 is 23.2 Å². The quantitative estimate of drug-likeness (QED) is 0.0261. The predicted molar refractivity (Wildman–Crippen MR) is 276 cm³/mol. The lowest BCUT2D eigenvalue weighted by molar-refractivity contribution is -0.138. The van der Waals surface area contributed by atoms with E-state index in [4.69, 9.17) is 23.7 Å². The van der Waals surface area contributed by atoms with E-state index in [1.165, 1.54) is 11.7 Å². The van der Waals surface area contributed by atoms with Gasteiger partial charge in [0.2, 0.25) is 35.4 Å². The van der Waals surface area contributed by atoms with Gasteiger partial charge in [-0.2, -0.15) is 12.6 Å². The molecule has 0 aliphatic carbocycles. The Morgan fingerprint density at radius 1 is 0.827 bits per heavy atom. The second-order valence-electron chi connectivity index (χ2n) is 18.0. The number of fused-ring (bicyclic) bond motifs is 2. The maximum Gasteiger partial charge on any atom is 0.355 e. The number of aromatic nitrogens is 3. The highest BCUT2D eigenvalue weighted by atomic mass is 32.1. The third-order valence-corrected chi connectivity index (χ3v) is 12.8. The Balaban J connectivity index is 0.758. The third kappa shape index (κ3) is 14.8. The minimum atomic E-state index is -0.651. The Hall–Kier alpha value is -7.57. The van der Waals surface area contributed by atoms with Crippen LogP contribution in [0.15, 0.2) is 59.9 Å². The van der Waals surface area contributed by atoms with Gasteiger partial charge in [0, 0.05) is 95.3 Å². The van der Waals surface area contributed by atoms with Crippen molar-refractivity contribution >= 4 is 83.4 Å². The second kappa shape index (κ2) is 26.1. The van der Waals surface area contributed by atoms with Crippen LogP contribution in [0.1, 0.15) is 83.3 Å². The number of aliphatic imine (C=N–C) groups is 1. The lowest BCUT2D eigenvalue weighted by atomic mass is 10.1. The molecule has 23 nitrogen and oxygen atoms in total. The zero-order valence-corrected chi connectivity index (χ0v) is 43.2. The highest BCUT2D eigenvalue weighted by molar-refractivity contribution is 7.81. The lowest BCUT2D eigenvalue weighted by Crippen LogP contribution is -2.36. The Bertz CT molecular complexity index is 2790. The number of imide groups is 1. The molecule has 4 N–H and O–H groups in total. The molecule has 2 aromatic heterocycles. The minimum Gasteiger partial charge on any atom is -0.493 e. The van der Waals surface area contributed by atoms with Crippen LogP contribution in [0.25, 0.3) is 11.1 Å². The smallest absolute Gasteiger partial charge is 0.355 e. The Morgan fingerprint density at radius 3 is 2.33 bits per heavy atom. The van der Waals surface area contributed by atoms with Gasteiger partial charge in [-0.05, 0) is 56.0 Å². The molecule has 3 aliphatic rings. The molecule has 3 unspecified atom stereocenters. The van der Waals surface area contributed by atoms with Crippen molar-refractivity contribution in [3.8, 4) is 22.6 Å². The largest absolute Gasteiger partial charge is 0.493 e. The van der Waals surface area contributed by atoms with Crippen LogP contribution < -0.4 is 30.7 Å². The lowest BCUT2D eigenvalue weighted by Gasteiger charge is -2.20. The fraction of sp³-hybridized carbons (Fsp3) is 0.451. The first-order chi connectivity index (χ1) is 36.1. The molecule has 7 rings (SSSR count). The molecule has 5 heterocycles. The van der Waals surface area contributed by atoms with Crippen LogP contribution in [0.3, 0.4) is 0 Å². The van der Waals surface area contributed by atoms with Gasteiger partial charge in [0.05, 0.1) is 69.2 Å². The summed E-state index contributed by atoms with van der Waals surface area (Å²) in [5.41, 5.74) is 3.25. The Labute approximate surface area is 438 Å². The second-order valence-corrected chi connectivity index (χ2v) is 18.6. The van der Waals surface area contributed by atoms with Crippen LogP contribution in [-0.2, 0) is 52.3 Å². The molecule has 0 radical (unpaired) electrons. The monoisotopic (exact) mass is 1050 g/mol. The molecule has 75 heavy (non-hydrogen) atoms. The van der Waals surface area contributed by atoms with Gasteiger partial charge in [-0.25, -0.2) is 9.78 Å². The van der Waals surface area contributed by atoms with Crippen molar-refractivity contribution in [3.05, 3.63) is 71.9 Å². The first-order valence-corrected chi connectivity index (χ1v) is 25.1. The fourth-order valence-corrected chi connectivity index (χ4v) is 8.71. The molecule has 0 saturated carbocycles. The maximum atomic E-state index is 13.3. The van der Waals surface area contributed by atoms with E-state index in [1.807, 2.05) is 4.90 Å². The zero-order chi connectivity index (χ0) is 53.6. The van der Waals surface area contributed by atoms with E-state index >= 15 is 0 Å². The fourth-order valence-electron chi connectivity index (χ4n) is 8.42. The van der Waals surface area contributed by atoms with E-state index in [-0.39, 0.29) is 131 Å². The first-order valence-electron chi connectivity index (χ1n) is 24.6. The average molecular weight is 1060 g/mol. The molecule has 7 amide bonds. The Kier molecular flexibility index (Phi) is 19.2.